The number of sulfonamides is 1. The van der Waals surface area contributed by atoms with Crippen molar-refractivity contribution >= 4 is 28.3 Å². The number of carbonyl (C=O) groups is 1. The van der Waals surface area contributed by atoms with E-state index in [0.29, 0.717) is 23.2 Å². The molecule has 2 aliphatic heterocycles. The lowest BCUT2D eigenvalue weighted by atomic mass is 10.0. The fraction of sp³-hybridized carbons (Fsp3) is 0.643. The molecule has 130 valence electrons. The van der Waals surface area contributed by atoms with Gasteiger partial charge in [0.15, 0.2) is 0 Å². The van der Waals surface area contributed by atoms with Gasteiger partial charge in [0.25, 0.3) is 15.9 Å². The fourth-order valence-electron chi connectivity index (χ4n) is 3.17. The third-order valence-corrected chi connectivity index (χ3v) is 6.21. The number of nitrogens with zero attached hydrogens (tertiary/aromatic N) is 2. The van der Waals surface area contributed by atoms with Gasteiger partial charge in [0, 0.05) is 46.3 Å². The number of aryl methyl sites for hydroxylation is 1. The molecule has 2 atom stereocenters. The van der Waals surface area contributed by atoms with Crippen LogP contribution in [0.25, 0.3) is 0 Å². The molecular formula is C14H22ClN3O4S. The lowest BCUT2D eigenvalue weighted by Gasteiger charge is -2.16. The summed E-state index contributed by atoms with van der Waals surface area (Å²) in [6, 6.07) is 1.35. The molecule has 2 saturated heterocycles. The SMILES string of the molecule is Cc1oc(S(=O)(=O)N(C)C)cc1C(=O)N1C[C@H]2CNC[C@H]2C1.Cl. The van der Waals surface area contributed by atoms with Gasteiger partial charge in [-0.15, -0.1) is 12.4 Å². The Morgan fingerprint density at radius 3 is 2.39 bits per heavy atom. The second-order valence-electron chi connectivity index (χ2n) is 6.21. The van der Waals surface area contributed by atoms with Crippen LogP contribution in [0.5, 0.6) is 0 Å². The van der Waals surface area contributed by atoms with Crippen LogP contribution in [-0.2, 0) is 10.0 Å². The number of hydrogen-bond donors (Lipinski definition) is 1. The monoisotopic (exact) mass is 363 g/mol. The highest BCUT2D eigenvalue weighted by Crippen LogP contribution is 2.29. The maximum atomic E-state index is 12.6. The average molecular weight is 364 g/mol. The van der Waals surface area contributed by atoms with E-state index in [0.717, 1.165) is 30.5 Å². The fourth-order valence-corrected chi connectivity index (χ4v) is 4.02. The predicted octanol–water partition coefficient (Wildman–Crippen LogP) is 0.552. The van der Waals surface area contributed by atoms with Gasteiger partial charge in [-0.2, -0.15) is 0 Å². The molecule has 0 bridgehead atoms. The van der Waals surface area contributed by atoms with Crippen LogP contribution >= 0.6 is 12.4 Å². The van der Waals surface area contributed by atoms with E-state index >= 15 is 0 Å². The van der Waals surface area contributed by atoms with E-state index in [9.17, 15) is 13.2 Å². The highest BCUT2D eigenvalue weighted by Gasteiger charge is 2.39. The number of furan rings is 1. The first-order chi connectivity index (χ1) is 10.3. The summed E-state index contributed by atoms with van der Waals surface area (Å²) in [5, 5.41) is 3.15. The summed E-state index contributed by atoms with van der Waals surface area (Å²) >= 11 is 0. The second-order valence-corrected chi connectivity index (χ2v) is 8.29. The summed E-state index contributed by atoms with van der Waals surface area (Å²) in [7, 11) is -0.797. The van der Waals surface area contributed by atoms with Gasteiger partial charge in [-0.1, -0.05) is 0 Å². The molecular weight excluding hydrogens is 342 g/mol. The van der Waals surface area contributed by atoms with E-state index in [1.54, 1.807) is 11.8 Å². The molecule has 1 amide bonds. The number of fused-ring (bicyclic) bond motifs is 1. The largest absolute Gasteiger partial charge is 0.448 e. The highest BCUT2D eigenvalue weighted by atomic mass is 35.5. The summed E-state index contributed by atoms with van der Waals surface area (Å²) in [5.41, 5.74) is 0.341. The molecule has 2 fully saturated rings. The molecule has 3 heterocycles. The molecule has 0 aromatic carbocycles. The van der Waals surface area contributed by atoms with Crippen molar-refractivity contribution in [3.8, 4) is 0 Å². The molecule has 0 radical (unpaired) electrons. The van der Waals surface area contributed by atoms with Crippen molar-refractivity contribution in [2.75, 3.05) is 40.3 Å². The maximum absolute atomic E-state index is 12.6. The molecule has 1 N–H and O–H groups in total. The third kappa shape index (κ3) is 3.13. The van der Waals surface area contributed by atoms with Crippen molar-refractivity contribution in [1.29, 1.82) is 0 Å². The summed E-state index contributed by atoms with van der Waals surface area (Å²) < 4.78 is 30.6. The van der Waals surface area contributed by atoms with Crippen LogP contribution in [0.1, 0.15) is 16.1 Å². The minimum Gasteiger partial charge on any atom is -0.448 e. The van der Waals surface area contributed by atoms with Gasteiger partial charge >= 0.3 is 0 Å². The van der Waals surface area contributed by atoms with Gasteiger partial charge in [-0.3, -0.25) is 4.79 Å². The van der Waals surface area contributed by atoms with Crippen LogP contribution in [0.4, 0.5) is 0 Å². The Morgan fingerprint density at radius 2 is 1.87 bits per heavy atom. The van der Waals surface area contributed by atoms with E-state index in [-0.39, 0.29) is 23.4 Å². The van der Waals surface area contributed by atoms with Crippen molar-refractivity contribution < 1.29 is 17.6 Å². The Bertz CT molecular complexity index is 689. The first-order valence-corrected chi connectivity index (χ1v) is 8.77. The number of likely N-dealkylation sites (tertiary alicyclic amines) is 1. The molecule has 3 rings (SSSR count). The average Bonchev–Trinajstić information content (AvgIpc) is 3.10. The Labute approximate surface area is 142 Å². The van der Waals surface area contributed by atoms with Crippen LogP contribution in [0.3, 0.4) is 0 Å². The minimum absolute atomic E-state index is 0. The minimum atomic E-state index is -3.66. The number of amides is 1. The van der Waals surface area contributed by atoms with Crippen molar-refractivity contribution in [2.45, 2.75) is 12.0 Å². The van der Waals surface area contributed by atoms with E-state index in [1.807, 2.05) is 0 Å². The molecule has 7 nitrogen and oxygen atoms in total. The van der Waals surface area contributed by atoms with Crippen molar-refractivity contribution in [1.82, 2.24) is 14.5 Å². The smallest absolute Gasteiger partial charge is 0.275 e. The van der Waals surface area contributed by atoms with Crippen molar-refractivity contribution in [3.63, 3.8) is 0 Å². The number of carbonyl (C=O) groups excluding carboxylic acids is 1. The van der Waals surface area contributed by atoms with E-state index in [4.69, 9.17) is 4.42 Å². The van der Waals surface area contributed by atoms with Crippen LogP contribution < -0.4 is 5.32 Å². The van der Waals surface area contributed by atoms with Crippen LogP contribution in [0.15, 0.2) is 15.6 Å². The zero-order valence-electron chi connectivity index (χ0n) is 13.4. The molecule has 0 spiro atoms. The van der Waals surface area contributed by atoms with Crippen molar-refractivity contribution in [3.05, 3.63) is 17.4 Å². The van der Waals surface area contributed by atoms with Gasteiger partial charge in [0.1, 0.15) is 5.76 Å². The first kappa shape index (κ1) is 18.3. The molecule has 1 aromatic rings. The highest BCUT2D eigenvalue weighted by molar-refractivity contribution is 7.88. The molecule has 0 unspecified atom stereocenters. The number of nitrogens with one attached hydrogen (secondary N) is 1. The van der Waals surface area contributed by atoms with E-state index in [1.165, 1.54) is 20.2 Å². The lowest BCUT2D eigenvalue weighted by molar-refractivity contribution is 0.0780. The Balaban J connectivity index is 0.00000192. The Hall–Kier alpha value is -1.09. The summed E-state index contributed by atoms with van der Waals surface area (Å²) in [4.78, 5) is 14.5. The Morgan fingerprint density at radius 1 is 1.30 bits per heavy atom. The first-order valence-electron chi connectivity index (χ1n) is 7.33. The molecule has 23 heavy (non-hydrogen) atoms. The topological polar surface area (TPSA) is 82.9 Å². The van der Waals surface area contributed by atoms with Gasteiger partial charge in [0.05, 0.1) is 5.56 Å². The summed E-state index contributed by atoms with van der Waals surface area (Å²) in [5.74, 6) is 1.21. The van der Waals surface area contributed by atoms with Crippen molar-refractivity contribution in [2.24, 2.45) is 11.8 Å². The molecule has 2 aliphatic rings. The summed E-state index contributed by atoms with van der Waals surface area (Å²) in [6.45, 7) is 4.95. The number of hydrogen-bond acceptors (Lipinski definition) is 5. The predicted molar refractivity (Wildman–Crippen MR) is 87.3 cm³/mol. The zero-order chi connectivity index (χ0) is 16.1. The Kier molecular flexibility index (Phi) is 5.10. The van der Waals surface area contributed by atoms with E-state index < -0.39 is 10.0 Å². The van der Waals surface area contributed by atoms with E-state index in [2.05, 4.69) is 5.32 Å². The zero-order valence-corrected chi connectivity index (χ0v) is 15.0. The second kappa shape index (κ2) is 6.43. The molecule has 1 aromatic heterocycles. The maximum Gasteiger partial charge on any atom is 0.275 e. The van der Waals surface area contributed by atoms with Crippen LogP contribution in [0, 0.1) is 18.8 Å². The molecule has 0 saturated carbocycles. The van der Waals surface area contributed by atoms with Crippen LogP contribution in [0.2, 0.25) is 0 Å². The normalized spacial score (nSPS) is 23.9. The number of rotatable bonds is 3. The van der Waals surface area contributed by atoms with Gasteiger partial charge in [0.2, 0.25) is 5.09 Å². The molecule has 9 heteroatoms. The lowest BCUT2D eigenvalue weighted by Crippen LogP contribution is -2.32. The van der Waals surface area contributed by atoms with Gasteiger partial charge in [-0.05, 0) is 18.8 Å². The van der Waals surface area contributed by atoms with Gasteiger partial charge in [-0.25, -0.2) is 12.7 Å². The number of halogens is 1. The van der Waals surface area contributed by atoms with Gasteiger partial charge < -0.3 is 14.6 Å². The quantitative estimate of drug-likeness (QED) is 0.848. The standard InChI is InChI=1S/C14H21N3O4S.ClH/c1-9-12(4-13(21-9)22(19,20)16(2)3)14(18)17-7-10-5-15-6-11(10)8-17;/h4,10-11,15H,5-8H2,1-3H3;1H/t10-,11+;. The van der Waals surface area contributed by atoms with Crippen LogP contribution in [-0.4, -0.2) is 63.8 Å². The third-order valence-electron chi connectivity index (χ3n) is 4.54. The summed E-state index contributed by atoms with van der Waals surface area (Å²) in [6.07, 6.45) is 0. The molecule has 0 aliphatic carbocycles.